The molecule has 0 aliphatic rings. The predicted octanol–water partition coefficient (Wildman–Crippen LogP) is 7.22. The zero-order valence-corrected chi connectivity index (χ0v) is 18.9. The Labute approximate surface area is 187 Å². The van der Waals surface area contributed by atoms with E-state index in [1.165, 1.54) is 0 Å². The third-order valence-corrected chi connectivity index (χ3v) is 8.81. The van der Waals surface area contributed by atoms with Gasteiger partial charge in [0.15, 0.2) is 10.3 Å². The average molecular weight is 458 g/mol. The highest BCUT2D eigenvalue weighted by molar-refractivity contribution is 7.38. The zero-order chi connectivity index (χ0) is 22.6. The van der Waals surface area contributed by atoms with Gasteiger partial charge in [0.05, 0.1) is 0 Å². The van der Waals surface area contributed by atoms with Crippen LogP contribution in [0.4, 0.5) is 0 Å². The number of hydrogen-bond acceptors (Lipinski definition) is 4. The lowest BCUT2D eigenvalue weighted by molar-refractivity contribution is 0.426. The van der Waals surface area contributed by atoms with E-state index in [4.69, 9.17) is 0 Å². The molecule has 0 spiro atoms. The van der Waals surface area contributed by atoms with E-state index in [1.54, 1.807) is 121 Å². The van der Waals surface area contributed by atoms with E-state index < -0.39 is 25.7 Å². The van der Waals surface area contributed by atoms with E-state index >= 15 is 0 Å². The molecule has 0 aliphatic heterocycles. The molecule has 158 valence electrons. The SMILES string of the molecule is O=P(=O)C(c1ccccc1)(c1ccccc1)C(c1ccccc1)(c1ccccc1)P(=O)=O. The monoisotopic (exact) mass is 458 g/mol. The van der Waals surface area contributed by atoms with Gasteiger partial charge in [0.1, 0.15) is 0 Å². The minimum absolute atomic E-state index is 0.384. The van der Waals surface area contributed by atoms with Gasteiger partial charge >= 0.3 is 15.4 Å². The second kappa shape index (κ2) is 9.04. The first-order chi connectivity index (χ1) is 15.6. The Kier molecular flexibility index (Phi) is 6.19. The van der Waals surface area contributed by atoms with Gasteiger partial charge in [-0.15, -0.1) is 0 Å². The molecule has 0 heterocycles. The molecule has 4 aromatic rings. The molecule has 0 aromatic heterocycles. The molecule has 0 saturated carbocycles. The summed E-state index contributed by atoms with van der Waals surface area (Å²) in [5.74, 6) is 0. The lowest BCUT2D eigenvalue weighted by Crippen LogP contribution is -2.44. The zero-order valence-electron chi connectivity index (χ0n) is 17.1. The van der Waals surface area contributed by atoms with Crippen LogP contribution >= 0.6 is 15.4 Å². The average Bonchev–Trinajstić information content (AvgIpc) is 2.84. The molecule has 0 unspecified atom stereocenters. The van der Waals surface area contributed by atoms with Gasteiger partial charge in [0.25, 0.3) is 0 Å². The van der Waals surface area contributed by atoms with Crippen molar-refractivity contribution in [1.29, 1.82) is 0 Å². The lowest BCUT2D eigenvalue weighted by Gasteiger charge is -2.43. The molecule has 4 nitrogen and oxygen atoms in total. The topological polar surface area (TPSA) is 68.3 Å². The first-order valence-electron chi connectivity index (χ1n) is 10.1. The molecule has 4 rings (SSSR count). The number of hydrogen-bond donors (Lipinski definition) is 0. The second-order valence-corrected chi connectivity index (χ2v) is 9.77. The van der Waals surface area contributed by atoms with Gasteiger partial charge in [0.2, 0.25) is 0 Å². The Bertz CT molecular complexity index is 1130. The molecule has 0 fully saturated rings. The fourth-order valence-electron chi connectivity index (χ4n) is 4.57. The van der Waals surface area contributed by atoms with Crippen LogP contribution in [0, 0.1) is 0 Å². The Morgan fingerprint density at radius 1 is 0.344 bits per heavy atom. The van der Waals surface area contributed by atoms with Crippen LogP contribution in [0.1, 0.15) is 22.3 Å². The molecule has 0 N–H and O–H groups in total. The van der Waals surface area contributed by atoms with Crippen molar-refractivity contribution in [2.45, 2.75) is 10.3 Å². The lowest BCUT2D eigenvalue weighted by atomic mass is 9.71. The van der Waals surface area contributed by atoms with E-state index in [1.807, 2.05) is 0 Å². The quantitative estimate of drug-likeness (QED) is 0.274. The van der Waals surface area contributed by atoms with Crippen LogP contribution < -0.4 is 0 Å². The molecule has 0 aliphatic carbocycles. The molecule has 0 amide bonds. The van der Waals surface area contributed by atoms with E-state index in [0.717, 1.165) is 0 Å². The maximum Gasteiger partial charge on any atom is 0.333 e. The van der Waals surface area contributed by atoms with Crippen LogP contribution in [-0.4, -0.2) is 0 Å². The minimum Gasteiger partial charge on any atom is -0.236 e. The van der Waals surface area contributed by atoms with Crippen molar-refractivity contribution in [3.63, 3.8) is 0 Å². The van der Waals surface area contributed by atoms with Crippen molar-refractivity contribution in [2.75, 3.05) is 0 Å². The van der Waals surface area contributed by atoms with Crippen molar-refractivity contribution < 1.29 is 18.3 Å². The Balaban J connectivity index is 2.32. The smallest absolute Gasteiger partial charge is 0.236 e. The summed E-state index contributed by atoms with van der Waals surface area (Å²) >= 11 is 0. The van der Waals surface area contributed by atoms with E-state index in [-0.39, 0.29) is 0 Å². The fraction of sp³-hybridized carbons (Fsp3) is 0.0769. The summed E-state index contributed by atoms with van der Waals surface area (Å²) in [6.45, 7) is 0. The summed E-state index contributed by atoms with van der Waals surface area (Å²) in [5.41, 5.74) is 1.53. The summed E-state index contributed by atoms with van der Waals surface area (Å²) in [6, 6.07) is 34.4. The van der Waals surface area contributed by atoms with Gasteiger partial charge in [-0.1, -0.05) is 121 Å². The van der Waals surface area contributed by atoms with E-state index in [2.05, 4.69) is 0 Å². The summed E-state index contributed by atoms with van der Waals surface area (Å²) in [4.78, 5) is 0. The molecule has 32 heavy (non-hydrogen) atoms. The molecule has 6 heteroatoms. The van der Waals surface area contributed by atoms with Gasteiger partial charge in [-0.05, 0) is 22.3 Å². The highest BCUT2D eigenvalue weighted by atomic mass is 31.1. The Hall–Kier alpha value is -3.32. The highest BCUT2D eigenvalue weighted by Crippen LogP contribution is 2.67. The van der Waals surface area contributed by atoms with Crippen molar-refractivity contribution in [3.05, 3.63) is 144 Å². The number of rotatable bonds is 7. The van der Waals surface area contributed by atoms with E-state index in [0.29, 0.717) is 22.3 Å². The van der Waals surface area contributed by atoms with Crippen LogP contribution in [0.3, 0.4) is 0 Å². The van der Waals surface area contributed by atoms with Crippen molar-refractivity contribution in [3.8, 4) is 0 Å². The van der Waals surface area contributed by atoms with Gasteiger partial charge in [-0.2, -0.15) is 0 Å². The first kappa shape index (κ1) is 21.9. The second-order valence-electron chi connectivity index (χ2n) is 7.40. The molecule has 0 atom stereocenters. The Morgan fingerprint density at radius 3 is 0.688 bits per heavy atom. The minimum atomic E-state index is -3.35. The molecule has 0 bridgehead atoms. The van der Waals surface area contributed by atoms with Crippen molar-refractivity contribution >= 4 is 15.4 Å². The maximum absolute atomic E-state index is 13.5. The summed E-state index contributed by atoms with van der Waals surface area (Å²) in [7, 11) is -6.70. The van der Waals surface area contributed by atoms with Crippen LogP contribution in [0.5, 0.6) is 0 Å². The summed E-state index contributed by atoms with van der Waals surface area (Å²) < 4.78 is 54.0. The first-order valence-corrected chi connectivity index (χ1v) is 12.4. The van der Waals surface area contributed by atoms with Crippen LogP contribution in [0.2, 0.25) is 0 Å². The van der Waals surface area contributed by atoms with Gasteiger partial charge in [0, 0.05) is 0 Å². The van der Waals surface area contributed by atoms with Gasteiger partial charge < -0.3 is 0 Å². The predicted molar refractivity (Wildman–Crippen MR) is 124 cm³/mol. The van der Waals surface area contributed by atoms with Crippen LogP contribution in [0.15, 0.2) is 121 Å². The highest BCUT2D eigenvalue weighted by Gasteiger charge is 2.64. The summed E-state index contributed by atoms with van der Waals surface area (Å²) in [5, 5.41) is -3.83. The molecular formula is C26H20O4P2. The molecule has 4 aromatic carbocycles. The normalized spacial score (nSPS) is 11.6. The molecule has 0 saturated heterocycles. The summed E-state index contributed by atoms with van der Waals surface area (Å²) in [6.07, 6.45) is 0. The van der Waals surface area contributed by atoms with Gasteiger partial charge in [-0.25, -0.2) is 18.3 Å². The molecule has 0 radical (unpaired) electrons. The third-order valence-electron chi connectivity index (χ3n) is 5.84. The Morgan fingerprint density at radius 2 is 0.531 bits per heavy atom. The van der Waals surface area contributed by atoms with Crippen LogP contribution in [0.25, 0.3) is 0 Å². The number of benzene rings is 4. The standard InChI is InChI=1S/C26H20O4P2/c27-31(28)25(21-13-5-1-6-14-21,22-15-7-2-8-16-22)26(32(29)30,23-17-9-3-10-18-23)24-19-11-4-12-20-24/h1-20H. The van der Waals surface area contributed by atoms with Crippen molar-refractivity contribution in [1.82, 2.24) is 0 Å². The third kappa shape index (κ3) is 3.24. The van der Waals surface area contributed by atoms with Crippen LogP contribution in [-0.2, 0) is 28.6 Å². The van der Waals surface area contributed by atoms with E-state index in [9.17, 15) is 18.3 Å². The van der Waals surface area contributed by atoms with Crippen molar-refractivity contribution in [2.24, 2.45) is 0 Å². The molecular weight excluding hydrogens is 438 g/mol. The fourth-order valence-corrected chi connectivity index (χ4v) is 7.55. The largest absolute Gasteiger partial charge is 0.333 e. The van der Waals surface area contributed by atoms with Gasteiger partial charge in [-0.3, -0.25) is 0 Å². The maximum atomic E-state index is 13.5.